The molecular weight excluding hydrogens is 424 g/mol. The van der Waals surface area contributed by atoms with E-state index < -0.39 is 15.9 Å². The molecule has 1 aromatic heterocycles. The van der Waals surface area contributed by atoms with Crippen molar-refractivity contribution in [2.45, 2.75) is 11.1 Å². The highest BCUT2D eigenvalue weighted by Gasteiger charge is 2.24. The lowest BCUT2D eigenvalue weighted by molar-refractivity contribution is -0.116. The summed E-state index contributed by atoms with van der Waals surface area (Å²) >= 11 is 10.1. The molecule has 0 aliphatic rings. The molecule has 0 saturated heterocycles. The van der Waals surface area contributed by atoms with Gasteiger partial charge in [0, 0.05) is 11.5 Å². The number of hydrogen-bond acceptors (Lipinski definition) is 4. The van der Waals surface area contributed by atoms with Gasteiger partial charge in [-0.15, -0.1) is 11.3 Å². The Bertz CT molecular complexity index is 836. The lowest BCUT2D eigenvalue weighted by Crippen LogP contribution is -2.34. The van der Waals surface area contributed by atoms with Gasteiger partial charge in [-0.05, 0) is 52.7 Å². The predicted molar refractivity (Wildman–Crippen MR) is 96.7 cm³/mol. The Morgan fingerprint density at radius 2 is 2.04 bits per heavy atom. The first kappa shape index (κ1) is 18.4. The van der Waals surface area contributed by atoms with Crippen LogP contribution < -0.4 is 5.32 Å². The lowest BCUT2D eigenvalue weighted by Gasteiger charge is -2.16. The smallest absolute Gasteiger partial charge is 0.252 e. The van der Waals surface area contributed by atoms with E-state index in [2.05, 4.69) is 21.2 Å². The van der Waals surface area contributed by atoms with Crippen LogP contribution in [0.5, 0.6) is 0 Å². The van der Waals surface area contributed by atoms with E-state index in [4.69, 9.17) is 11.6 Å². The van der Waals surface area contributed by atoms with Crippen LogP contribution in [-0.4, -0.2) is 32.2 Å². The van der Waals surface area contributed by atoms with Gasteiger partial charge < -0.3 is 5.32 Å². The normalized spacial score (nSPS) is 11.7. The van der Waals surface area contributed by atoms with Gasteiger partial charge in [0.2, 0.25) is 5.91 Å². The van der Waals surface area contributed by atoms with Crippen molar-refractivity contribution in [3.63, 3.8) is 0 Å². The van der Waals surface area contributed by atoms with Gasteiger partial charge in [-0.2, -0.15) is 4.31 Å². The van der Waals surface area contributed by atoms with Crippen LogP contribution in [0, 0.1) is 6.92 Å². The first-order chi connectivity index (χ1) is 10.7. The summed E-state index contributed by atoms with van der Waals surface area (Å²) in [6, 6.07) is 8.41. The van der Waals surface area contributed by atoms with Crippen molar-refractivity contribution in [2.75, 3.05) is 18.9 Å². The minimum Gasteiger partial charge on any atom is -0.324 e. The highest BCUT2D eigenvalue weighted by Crippen LogP contribution is 2.28. The van der Waals surface area contributed by atoms with Gasteiger partial charge in [-0.1, -0.05) is 17.7 Å². The fourth-order valence-corrected chi connectivity index (χ4v) is 5.20. The Hall–Kier alpha value is -0.930. The van der Waals surface area contributed by atoms with Crippen LogP contribution in [0.1, 0.15) is 5.56 Å². The van der Waals surface area contributed by atoms with Gasteiger partial charge in [0.25, 0.3) is 10.0 Å². The molecule has 5 nitrogen and oxygen atoms in total. The number of aryl methyl sites for hydroxylation is 1. The second-order valence-electron chi connectivity index (χ2n) is 4.85. The zero-order valence-corrected chi connectivity index (χ0v) is 16.3. The highest BCUT2D eigenvalue weighted by molar-refractivity contribution is 9.10. The summed E-state index contributed by atoms with van der Waals surface area (Å²) in [7, 11) is -2.37. The second-order valence-corrected chi connectivity index (χ2v) is 9.69. The van der Waals surface area contributed by atoms with Gasteiger partial charge >= 0.3 is 0 Å². The number of amides is 1. The van der Waals surface area contributed by atoms with Crippen molar-refractivity contribution in [3.8, 4) is 0 Å². The zero-order valence-electron chi connectivity index (χ0n) is 12.3. The minimum absolute atomic E-state index is 0.106. The largest absolute Gasteiger partial charge is 0.324 e. The van der Waals surface area contributed by atoms with Gasteiger partial charge in [0.15, 0.2) is 0 Å². The summed E-state index contributed by atoms with van der Waals surface area (Å²) in [6.07, 6.45) is 0. The summed E-state index contributed by atoms with van der Waals surface area (Å²) in [6.45, 7) is 1.64. The maximum Gasteiger partial charge on any atom is 0.252 e. The van der Waals surface area contributed by atoms with Gasteiger partial charge in [-0.3, -0.25) is 4.79 Å². The zero-order chi connectivity index (χ0) is 17.2. The number of anilines is 1. The molecule has 2 rings (SSSR count). The molecule has 1 amide bonds. The lowest BCUT2D eigenvalue weighted by atomic mass is 10.2. The number of sulfonamides is 1. The first-order valence-electron chi connectivity index (χ1n) is 6.48. The number of hydrogen-bond donors (Lipinski definition) is 1. The molecule has 0 bridgehead atoms. The van der Waals surface area contributed by atoms with E-state index in [0.717, 1.165) is 25.7 Å². The molecule has 0 aliphatic carbocycles. The van der Waals surface area contributed by atoms with Crippen molar-refractivity contribution in [1.29, 1.82) is 0 Å². The van der Waals surface area contributed by atoms with E-state index in [-0.39, 0.29) is 10.8 Å². The van der Waals surface area contributed by atoms with E-state index in [0.29, 0.717) is 10.0 Å². The van der Waals surface area contributed by atoms with Crippen LogP contribution in [0.3, 0.4) is 0 Å². The molecule has 0 fully saturated rings. The van der Waals surface area contributed by atoms with Gasteiger partial charge in [0.05, 0.1) is 16.6 Å². The average molecular weight is 438 g/mol. The number of nitrogens with one attached hydrogen (secondary N) is 1. The summed E-state index contributed by atoms with van der Waals surface area (Å²) in [5.74, 6) is -0.428. The number of carbonyl (C=O) groups is 1. The third kappa shape index (κ3) is 4.54. The summed E-state index contributed by atoms with van der Waals surface area (Å²) in [4.78, 5) is 12.1. The standard InChI is InChI=1S/C14H14BrClN2O3S2/c1-9-3-4-11(10(15)7-9)17-13(19)8-18(2)23(20,21)14-6-5-12(16)22-14/h3-7H,8H2,1-2H3,(H,17,19). The summed E-state index contributed by atoms with van der Waals surface area (Å²) in [5, 5.41) is 2.68. The van der Waals surface area contributed by atoms with E-state index in [1.165, 1.54) is 19.2 Å². The molecule has 0 atom stereocenters. The molecule has 1 aromatic carbocycles. The maximum absolute atomic E-state index is 12.3. The van der Waals surface area contributed by atoms with E-state index in [9.17, 15) is 13.2 Å². The molecule has 0 spiro atoms. The number of nitrogens with zero attached hydrogens (tertiary/aromatic N) is 1. The number of thiophene rings is 1. The van der Waals surface area contributed by atoms with Crippen LogP contribution in [-0.2, 0) is 14.8 Å². The van der Waals surface area contributed by atoms with Crippen LogP contribution in [0.2, 0.25) is 4.34 Å². The van der Waals surface area contributed by atoms with Gasteiger partial charge in [-0.25, -0.2) is 8.42 Å². The molecule has 124 valence electrons. The molecule has 1 N–H and O–H groups in total. The minimum atomic E-state index is -3.73. The monoisotopic (exact) mass is 436 g/mol. The Kier molecular flexibility index (Phi) is 5.85. The molecule has 0 saturated carbocycles. The third-order valence-electron chi connectivity index (χ3n) is 2.98. The third-order valence-corrected chi connectivity index (χ3v) is 7.14. The molecule has 23 heavy (non-hydrogen) atoms. The van der Waals surface area contributed by atoms with Crippen molar-refractivity contribution in [2.24, 2.45) is 0 Å². The van der Waals surface area contributed by atoms with Crippen molar-refractivity contribution < 1.29 is 13.2 Å². The number of carbonyl (C=O) groups excluding carboxylic acids is 1. The van der Waals surface area contributed by atoms with E-state index in [1.807, 2.05) is 19.1 Å². The Labute approximate surface area is 152 Å². The Morgan fingerprint density at radius 1 is 1.35 bits per heavy atom. The van der Waals surface area contributed by atoms with Crippen molar-refractivity contribution in [3.05, 3.63) is 44.7 Å². The highest BCUT2D eigenvalue weighted by atomic mass is 79.9. The number of benzene rings is 1. The first-order valence-corrected chi connectivity index (χ1v) is 9.90. The summed E-state index contributed by atoms with van der Waals surface area (Å²) < 4.78 is 26.9. The Balaban J connectivity index is 2.07. The van der Waals surface area contributed by atoms with E-state index >= 15 is 0 Å². The van der Waals surface area contributed by atoms with Crippen LogP contribution in [0.15, 0.2) is 39.0 Å². The van der Waals surface area contributed by atoms with E-state index in [1.54, 1.807) is 6.07 Å². The molecule has 1 heterocycles. The fraction of sp³-hybridized carbons (Fsp3) is 0.214. The van der Waals surface area contributed by atoms with Crippen LogP contribution in [0.4, 0.5) is 5.69 Å². The molecule has 0 unspecified atom stereocenters. The van der Waals surface area contributed by atoms with Crippen molar-refractivity contribution >= 4 is 60.5 Å². The Morgan fingerprint density at radius 3 is 2.61 bits per heavy atom. The number of likely N-dealkylation sites (N-methyl/N-ethyl adjacent to an activating group) is 1. The molecule has 0 radical (unpaired) electrons. The van der Waals surface area contributed by atoms with Crippen LogP contribution in [0.25, 0.3) is 0 Å². The summed E-state index contributed by atoms with van der Waals surface area (Å²) in [5.41, 5.74) is 1.63. The van der Waals surface area contributed by atoms with Crippen molar-refractivity contribution in [1.82, 2.24) is 4.31 Å². The molecular formula is C14H14BrClN2O3S2. The SMILES string of the molecule is Cc1ccc(NC(=O)CN(C)S(=O)(=O)c2ccc(Cl)s2)c(Br)c1. The average Bonchev–Trinajstić information content (AvgIpc) is 2.89. The fourth-order valence-electron chi connectivity index (χ4n) is 1.79. The molecule has 2 aromatic rings. The number of halogens is 2. The molecule has 9 heteroatoms. The van der Waals surface area contributed by atoms with Crippen LogP contribution >= 0.6 is 38.9 Å². The maximum atomic E-state index is 12.3. The number of rotatable bonds is 5. The second kappa shape index (κ2) is 7.31. The quantitative estimate of drug-likeness (QED) is 0.775. The predicted octanol–water partition coefficient (Wildman–Crippen LogP) is 3.73. The topological polar surface area (TPSA) is 66.5 Å². The van der Waals surface area contributed by atoms with Gasteiger partial charge in [0.1, 0.15) is 4.21 Å². The molecule has 0 aliphatic heterocycles.